The predicted molar refractivity (Wildman–Crippen MR) is 58.5 cm³/mol. The van der Waals surface area contributed by atoms with Gasteiger partial charge in [-0.05, 0) is 19.4 Å². The molecule has 5 heteroatoms. The Morgan fingerprint density at radius 1 is 1.67 bits per heavy atom. The number of H-pyrrole nitrogens is 1. The van der Waals surface area contributed by atoms with Gasteiger partial charge < -0.3 is 20.7 Å². The molecule has 1 aromatic heterocycles. The van der Waals surface area contributed by atoms with Crippen molar-refractivity contribution < 1.29 is 9.90 Å². The lowest BCUT2D eigenvalue weighted by atomic mass is 10.3. The Balaban J connectivity index is 2.64. The van der Waals surface area contributed by atoms with Crippen molar-refractivity contribution in [2.45, 2.75) is 13.3 Å². The van der Waals surface area contributed by atoms with E-state index < -0.39 is 0 Å². The van der Waals surface area contributed by atoms with Crippen LogP contribution in [0.15, 0.2) is 12.3 Å². The number of anilines is 1. The second-order valence-corrected chi connectivity index (χ2v) is 3.31. The van der Waals surface area contributed by atoms with Gasteiger partial charge in [0, 0.05) is 31.6 Å². The van der Waals surface area contributed by atoms with Crippen molar-refractivity contribution in [3.8, 4) is 0 Å². The van der Waals surface area contributed by atoms with E-state index in [1.165, 1.54) is 0 Å². The number of nitrogens with two attached hydrogens (primary N) is 1. The fraction of sp³-hybridized carbons (Fsp3) is 0.500. The minimum atomic E-state index is -0.0809. The molecule has 0 atom stereocenters. The molecule has 0 radical (unpaired) electrons. The Morgan fingerprint density at radius 3 is 2.87 bits per heavy atom. The summed E-state index contributed by atoms with van der Waals surface area (Å²) in [5.74, 6) is -0.0809. The maximum absolute atomic E-state index is 11.9. The van der Waals surface area contributed by atoms with E-state index in [0.717, 1.165) is 0 Å². The number of hydrogen-bond acceptors (Lipinski definition) is 3. The summed E-state index contributed by atoms with van der Waals surface area (Å²) >= 11 is 0. The molecule has 0 aliphatic heterocycles. The Hall–Kier alpha value is -1.49. The quantitative estimate of drug-likeness (QED) is 0.661. The summed E-state index contributed by atoms with van der Waals surface area (Å²) in [5.41, 5.74) is 6.56. The molecule has 15 heavy (non-hydrogen) atoms. The number of aliphatic hydroxyl groups is 1. The number of nitrogen functional groups attached to an aromatic ring is 1. The van der Waals surface area contributed by atoms with Gasteiger partial charge >= 0.3 is 0 Å². The van der Waals surface area contributed by atoms with Gasteiger partial charge in [-0.15, -0.1) is 0 Å². The number of amides is 1. The molecule has 0 unspecified atom stereocenters. The molecule has 1 aromatic rings. The van der Waals surface area contributed by atoms with Crippen molar-refractivity contribution in [1.29, 1.82) is 0 Å². The van der Waals surface area contributed by atoms with Crippen LogP contribution >= 0.6 is 0 Å². The van der Waals surface area contributed by atoms with Gasteiger partial charge in [0.25, 0.3) is 5.91 Å². The molecule has 0 aliphatic rings. The molecule has 1 rings (SSSR count). The van der Waals surface area contributed by atoms with Gasteiger partial charge in [0.05, 0.1) is 0 Å². The largest absolute Gasteiger partial charge is 0.397 e. The van der Waals surface area contributed by atoms with Gasteiger partial charge in [0.2, 0.25) is 0 Å². The lowest BCUT2D eigenvalue weighted by Gasteiger charge is -2.19. The first-order valence-electron chi connectivity index (χ1n) is 5.03. The zero-order valence-electron chi connectivity index (χ0n) is 8.86. The highest BCUT2D eigenvalue weighted by atomic mass is 16.3. The minimum Gasteiger partial charge on any atom is -0.397 e. The molecule has 0 saturated heterocycles. The maximum atomic E-state index is 11.9. The van der Waals surface area contributed by atoms with E-state index in [2.05, 4.69) is 4.98 Å². The number of aliphatic hydroxyl groups excluding tert-OH is 1. The van der Waals surface area contributed by atoms with Crippen LogP contribution in [0.1, 0.15) is 23.8 Å². The van der Waals surface area contributed by atoms with E-state index in [9.17, 15) is 4.79 Å². The third-order valence-electron chi connectivity index (χ3n) is 2.19. The molecule has 0 spiro atoms. The Morgan fingerprint density at radius 2 is 2.40 bits per heavy atom. The maximum Gasteiger partial charge on any atom is 0.270 e. The third kappa shape index (κ3) is 2.99. The fourth-order valence-electron chi connectivity index (χ4n) is 1.37. The molecule has 0 bridgehead atoms. The van der Waals surface area contributed by atoms with E-state index in [0.29, 0.717) is 30.9 Å². The summed E-state index contributed by atoms with van der Waals surface area (Å²) in [6.45, 7) is 3.18. The number of hydrogen-bond donors (Lipinski definition) is 3. The highest BCUT2D eigenvalue weighted by Gasteiger charge is 2.14. The summed E-state index contributed by atoms with van der Waals surface area (Å²) in [5, 5.41) is 8.70. The van der Waals surface area contributed by atoms with Crippen LogP contribution in [0.25, 0.3) is 0 Å². The van der Waals surface area contributed by atoms with E-state index in [4.69, 9.17) is 10.8 Å². The highest BCUT2D eigenvalue weighted by molar-refractivity contribution is 5.93. The standard InChI is InChI=1S/C10H17N3O2/c1-2-13(4-3-5-14)10(15)9-6-8(11)7-12-9/h6-7,12,14H,2-5,11H2,1H3. The monoisotopic (exact) mass is 211 g/mol. The molecule has 4 N–H and O–H groups in total. The van der Waals surface area contributed by atoms with Crippen molar-refractivity contribution in [3.63, 3.8) is 0 Å². The number of nitrogens with one attached hydrogen (secondary N) is 1. The van der Waals surface area contributed by atoms with Crippen molar-refractivity contribution in [3.05, 3.63) is 18.0 Å². The van der Waals surface area contributed by atoms with Crippen LogP contribution in [0.3, 0.4) is 0 Å². The van der Waals surface area contributed by atoms with Crippen LogP contribution in [0.4, 0.5) is 5.69 Å². The van der Waals surface area contributed by atoms with Crippen molar-refractivity contribution >= 4 is 11.6 Å². The van der Waals surface area contributed by atoms with Crippen molar-refractivity contribution in [2.24, 2.45) is 0 Å². The number of carbonyl (C=O) groups is 1. The Kier molecular flexibility index (Phi) is 4.17. The first kappa shape index (κ1) is 11.6. The normalized spacial score (nSPS) is 10.3. The lowest BCUT2D eigenvalue weighted by Crippen LogP contribution is -2.32. The summed E-state index contributed by atoms with van der Waals surface area (Å²) in [7, 11) is 0. The first-order valence-corrected chi connectivity index (χ1v) is 5.03. The molecule has 0 aromatic carbocycles. The summed E-state index contributed by atoms with van der Waals surface area (Å²) in [6.07, 6.45) is 2.18. The van der Waals surface area contributed by atoms with Crippen LogP contribution in [0.5, 0.6) is 0 Å². The zero-order chi connectivity index (χ0) is 11.3. The van der Waals surface area contributed by atoms with Crippen molar-refractivity contribution in [1.82, 2.24) is 9.88 Å². The molecule has 84 valence electrons. The smallest absolute Gasteiger partial charge is 0.270 e. The summed E-state index contributed by atoms with van der Waals surface area (Å²) in [4.78, 5) is 16.3. The van der Waals surface area contributed by atoms with Crippen LogP contribution < -0.4 is 5.73 Å². The SMILES string of the molecule is CCN(CCCO)C(=O)c1cc(N)c[nH]1. The summed E-state index contributed by atoms with van der Waals surface area (Å²) < 4.78 is 0. The predicted octanol–water partition coefficient (Wildman–Crippen LogP) is 0.441. The average Bonchev–Trinajstić information content (AvgIpc) is 2.65. The Bertz CT molecular complexity index is 322. The van der Waals surface area contributed by atoms with Gasteiger partial charge in [-0.1, -0.05) is 0 Å². The topological polar surface area (TPSA) is 82.3 Å². The van der Waals surface area contributed by atoms with Gasteiger partial charge in [0.1, 0.15) is 5.69 Å². The Labute approximate surface area is 88.9 Å². The average molecular weight is 211 g/mol. The number of rotatable bonds is 5. The van der Waals surface area contributed by atoms with Crippen LogP contribution in [-0.2, 0) is 0 Å². The fourth-order valence-corrected chi connectivity index (χ4v) is 1.37. The zero-order valence-corrected chi connectivity index (χ0v) is 8.86. The molecule has 0 fully saturated rings. The second-order valence-electron chi connectivity index (χ2n) is 3.31. The first-order chi connectivity index (χ1) is 7.19. The molecule has 1 amide bonds. The van der Waals surface area contributed by atoms with E-state index in [1.54, 1.807) is 17.2 Å². The number of nitrogens with zero attached hydrogens (tertiary/aromatic N) is 1. The van der Waals surface area contributed by atoms with E-state index >= 15 is 0 Å². The van der Waals surface area contributed by atoms with Gasteiger partial charge in [-0.3, -0.25) is 4.79 Å². The molecule has 1 heterocycles. The van der Waals surface area contributed by atoms with E-state index in [1.807, 2.05) is 6.92 Å². The molecule has 0 aliphatic carbocycles. The van der Waals surface area contributed by atoms with Gasteiger partial charge in [-0.25, -0.2) is 0 Å². The number of aromatic nitrogens is 1. The van der Waals surface area contributed by atoms with E-state index in [-0.39, 0.29) is 12.5 Å². The molecule has 0 saturated carbocycles. The number of carbonyl (C=O) groups excluding carboxylic acids is 1. The molecular weight excluding hydrogens is 194 g/mol. The minimum absolute atomic E-state index is 0.0809. The number of aromatic amines is 1. The third-order valence-corrected chi connectivity index (χ3v) is 2.19. The van der Waals surface area contributed by atoms with Gasteiger partial charge in [-0.2, -0.15) is 0 Å². The molecular formula is C10H17N3O2. The lowest BCUT2D eigenvalue weighted by molar-refractivity contribution is 0.0749. The van der Waals surface area contributed by atoms with Crippen LogP contribution in [0, 0.1) is 0 Å². The molecule has 5 nitrogen and oxygen atoms in total. The second kappa shape index (κ2) is 5.41. The van der Waals surface area contributed by atoms with Gasteiger partial charge in [0.15, 0.2) is 0 Å². The van der Waals surface area contributed by atoms with Crippen LogP contribution in [-0.4, -0.2) is 40.6 Å². The van der Waals surface area contributed by atoms with Crippen molar-refractivity contribution in [2.75, 3.05) is 25.4 Å². The summed E-state index contributed by atoms with van der Waals surface area (Å²) in [6, 6.07) is 1.62. The van der Waals surface area contributed by atoms with Crippen LogP contribution in [0.2, 0.25) is 0 Å². The highest BCUT2D eigenvalue weighted by Crippen LogP contribution is 2.08.